The van der Waals surface area contributed by atoms with Crippen molar-refractivity contribution in [1.29, 1.82) is 0 Å². The van der Waals surface area contributed by atoms with Crippen LogP contribution in [0.4, 0.5) is 0 Å². The molecule has 0 aliphatic carbocycles. The maximum atomic E-state index is 9.23. The van der Waals surface area contributed by atoms with Gasteiger partial charge in [-0.15, -0.1) is 0 Å². The average molecular weight is 178 g/mol. The monoisotopic (exact) mass is 178 g/mol. The van der Waals surface area contributed by atoms with E-state index in [-0.39, 0.29) is 19.6 Å². The van der Waals surface area contributed by atoms with Gasteiger partial charge in [-0.25, -0.2) is 0 Å². The minimum Gasteiger partial charge on any atom is -0.394 e. The molecule has 0 saturated carbocycles. The van der Waals surface area contributed by atoms with Crippen LogP contribution in [0.2, 0.25) is 0 Å². The second-order valence-electron chi connectivity index (χ2n) is 2.96. The van der Waals surface area contributed by atoms with Crippen LogP contribution in [-0.2, 0) is 4.74 Å². The molecule has 1 heterocycles. The fraction of sp³-hybridized carbons (Fsp3) is 1.00. The van der Waals surface area contributed by atoms with E-state index in [2.05, 4.69) is 0 Å². The Balaban J connectivity index is 2.52. The zero-order valence-corrected chi connectivity index (χ0v) is 6.63. The van der Waals surface area contributed by atoms with Crippen molar-refractivity contribution in [2.45, 2.75) is 30.8 Å². The zero-order chi connectivity index (χ0) is 9.14. The largest absolute Gasteiger partial charge is 0.394 e. The maximum Gasteiger partial charge on any atom is 0.109 e. The third-order valence-corrected chi connectivity index (χ3v) is 2.03. The lowest BCUT2D eigenvalue weighted by Crippen LogP contribution is -2.50. The van der Waals surface area contributed by atoms with E-state index in [1.54, 1.807) is 0 Å². The van der Waals surface area contributed by atoms with Crippen LogP contribution >= 0.6 is 0 Å². The number of ether oxygens (including phenoxy) is 1. The summed E-state index contributed by atoms with van der Waals surface area (Å²) in [5.41, 5.74) is 0. The molecule has 0 aromatic rings. The summed E-state index contributed by atoms with van der Waals surface area (Å²) in [7, 11) is 0. The van der Waals surface area contributed by atoms with Gasteiger partial charge in [0.05, 0.1) is 25.4 Å². The third kappa shape index (κ3) is 1.94. The SMILES string of the molecule is OCC1C[C@@H](O)[C@H](O)C(CO)O1. The first-order valence-electron chi connectivity index (χ1n) is 3.92. The zero-order valence-electron chi connectivity index (χ0n) is 6.63. The maximum absolute atomic E-state index is 9.23. The topological polar surface area (TPSA) is 90.2 Å². The molecule has 72 valence electrons. The second-order valence-corrected chi connectivity index (χ2v) is 2.96. The van der Waals surface area contributed by atoms with Crippen LogP contribution in [0.15, 0.2) is 0 Å². The van der Waals surface area contributed by atoms with Gasteiger partial charge in [0.15, 0.2) is 0 Å². The average Bonchev–Trinajstić information content (AvgIpc) is 2.09. The molecule has 1 saturated heterocycles. The Labute approximate surface area is 70.2 Å². The summed E-state index contributed by atoms with van der Waals surface area (Å²) < 4.78 is 5.06. The smallest absolute Gasteiger partial charge is 0.109 e. The summed E-state index contributed by atoms with van der Waals surface area (Å²) in [6.45, 7) is -0.561. The van der Waals surface area contributed by atoms with Crippen LogP contribution in [0.3, 0.4) is 0 Å². The number of rotatable bonds is 2. The van der Waals surface area contributed by atoms with Crippen LogP contribution in [-0.4, -0.2) is 58.1 Å². The Morgan fingerprint density at radius 3 is 2.33 bits per heavy atom. The molecular weight excluding hydrogens is 164 g/mol. The molecule has 0 bridgehead atoms. The summed E-state index contributed by atoms with van der Waals surface area (Å²) >= 11 is 0. The molecule has 12 heavy (non-hydrogen) atoms. The number of aliphatic hydroxyl groups is 4. The van der Waals surface area contributed by atoms with Crippen LogP contribution in [0.25, 0.3) is 0 Å². The Bertz CT molecular complexity index is 140. The Hall–Kier alpha value is -0.200. The highest BCUT2D eigenvalue weighted by atomic mass is 16.5. The highest BCUT2D eigenvalue weighted by Gasteiger charge is 2.35. The van der Waals surface area contributed by atoms with Gasteiger partial charge in [0, 0.05) is 6.42 Å². The summed E-state index contributed by atoms with van der Waals surface area (Å²) in [5, 5.41) is 35.9. The van der Waals surface area contributed by atoms with Crippen molar-refractivity contribution in [2.24, 2.45) is 0 Å². The molecule has 0 radical (unpaired) electrons. The minimum atomic E-state index is -1.06. The standard InChI is InChI=1S/C7H14O5/c8-2-4-1-5(10)7(11)6(3-9)12-4/h4-11H,1-3H2/t4?,5-,6?,7+/m1/s1. The van der Waals surface area contributed by atoms with Crippen molar-refractivity contribution < 1.29 is 25.2 Å². The molecule has 1 aliphatic rings. The summed E-state index contributed by atoms with van der Waals surface area (Å²) in [5.74, 6) is 0. The van der Waals surface area contributed by atoms with Gasteiger partial charge in [-0.1, -0.05) is 0 Å². The van der Waals surface area contributed by atoms with Crippen LogP contribution in [0.1, 0.15) is 6.42 Å². The van der Waals surface area contributed by atoms with Crippen LogP contribution in [0, 0.1) is 0 Å². The van der Waals surface area contributed by atoms with Gasteiger partial charge in [-0.3, -0.25) is 0 Å². The second kappa shape index (κ2) is 4.15. The minimum absolute atomic E-state index is 0.203. The summed E-state index contributed by atoms with van der Waals surface area (Å²) in [6, 6.07) is 0. The first-order valence-corrected chi connectivity index (χ1v) is 3.92. The first-order chi connectivity index (χ1) is 5.69. The molecule has 0 spiro atoms. The summed E-state index contributed by atoms with van der Waals surface area (Å²) in [6.07, 6.45) is -3.05. The number of aliphatic hydroxyl groups excluding tert-OH is 4. The van der Waals surface area contributed by atoms with Crippen LogP contribution < -0.4 is 0 Å². The Morgan fingerprint density at radius 1 is 1.17 bits per heavy atom. The Kier molecular flexibility index (Phi) is 3.42. The molecule has 0 amide bonds. The van der Waals surface area contributed by atoms with E-state index in [0.717, 1.165) is 0 Å². The van der Waals surface area contributed by atoms with E-state index in [1.807, 2.05) is 0 Å². The van der Waals surface area contributed by atoms with Gasteiger partial charge in [0.2, 0.25) is 0 Å². The van der Waals surface area contributed by atoms with Crippen molar-refractivity contribution in [3.05, 3.63) is 0 Å². The molecule has 1 aliphatic heterocycles. The van der Waals surface area contributed by atoms with Gasteiger partial charge in [-0.05, 0) is 0 Å². The number of hydrogen-bond acceptors (Lipinski definition) is 5. The van der Waals surface area contributed by atoms with Gasteiger partial charge in [0.25, 0.3) is 0 Å². The predicted molar refractivity (Wildman–Crippen MR) is 39.5 cm³/mol. The molecular formula is C7H14O5. The first kappa shape index (κ1) is 9.88. The molecule has 4 atom stereocenters. The molecule has 0 aromatic carbocycles. The van der Waals surface area contributed by atoms with Gasteiger partial charge < -0.3 is 25.2 Å². The predicted octanol–water partition coefficient (Wildman–Crippen LogP) is -2.15. The Morgan fingerprint density at radius 2 is 1.83 bits per heavy atom. The van der Waals surface area contributed by atoms with Gasteiger partial charge in [-0.2, -0.15) is 0 Å². The normalized spacial score (nSPS) is 43.0. The fourth-order valence-corrected chi connectivity index (χ4v) is 1.31. The highest BCUT2D eigenvalue weighted by Crippen LogP contribution is 2.19. The molecule has 1 fully saturated rings. The van der Waals surface area contributed by atoms with Crippen molar-refractivity contribution >= 4 is 0 Å². The lowest BCUT2D eigenvalue weighted by atomic mass is 9.98. The van der Waals surface area contributed by atoms with Crippen LogP contribution in [0.5, 0.6) is 0 Å². The van der Waals surface area contributed by atoms with Crippen molar-refractivity contribution in [2.75, 3.05) is 13.2 Å². The van der Waals surface area contributed by atoms with Crippen molar-refractivity contribution in [3.8, 4) is 0 Å². The summed E-state index contributed by atoms with van der Waals surface area (Å²) in [4.78, 5) is 0. The van der Waals surface area contributed by atoms with E-state index in [4.69, 9.17) is 14.9 Å². The lowest BCUT2D eigenvalue weighted by molar-refractivity contribution is -0.187. The molecule has 4 N–H and O–H groups in total. The van der Waals surface area contributed by atoms with Crippen molar-refractivity contribution in [1.82, 2.24) is 0 Å². The van der Waals surface area contributed by atoms with E-state index in [9.17, 15) is 10.2 Å². The van der Waals surface area contributed by atoms with E-state index in [0.29, 0.717) is 0 Å². The van der Waals surface area contributed by atoms with E-state index >= 15 is 0 Å². The van der Waals surface area contributed by atoms with Gasteiger partial charge in [0.1, 0.15) is 12.2 Å². The molecule has 5 nitrogen and oxygen atoms in total. The molecule has 0 aromatic heterocycles. The van der Waals surface area contributed by atoms with Crippen molar-refractivity contribution in [3.63, 3.8) is 0 Å². The molecule has 2 unspecified atom stereocenters. The quantitative estimate of drug-likeness (QED) is 0.387. The number of hydrogen-bond donors (Lipinski definition) is 4. The fourth-order valence-electron chi connectivity index (χ4n) is 1.31. The molecule has 1 rings (SSSR count). The molecule has 5 heteroatoms. The van der Waals surface area contributed by atoms with E-state index in [1.165, 1.54) is 0 Å². The highest BCUT2D eigenvalue weighted by molar-refractivity contribution is 4.84. The third-order valence-electron chi connectivity index (χ3n) is 2.03. The van der Waals surface area contributed by atoms with E-state index < -0.39 is 24.4 Å². The van der Waals surface area contributed by atoms with Gasteiger partial charge >= 0.3 is 0 Å². The lowest BCUT2D eigenvalue weighted by Gasteiger charge is -2.35.